The molecule has 2 aliphatic rings. The number of carbonyl (C=O) groups is 1. The van der Waals surface area contributed by atoms with E-state index in [9.17, 15) is 4.79 Å². The first kappa shape index (κ1) is 16.0. The number of hydrogen-bond acceptors (Lipinski definition) is 5. The van der Waals surface area contributed by atoms with Gasteiger partial charge in [-0.25, -0.2) is 4.98 Å². The fourth-order valence-corrected chi connectivity index (χ4v) is 3.09. The number of hydrogen-bond donors (Lipinski definition) is 1. The van der Waals surface area contributed by atoms with E-state index in [0.717, 1.165) is 62.8 Å². The summed E-state index contributed by atoms with van der Waals surface area (Å²) in [6, 6.07) is 10.00. The largest absolute Gasteiger partial charge is 0.354 e. The molecule has 6 heteroatoms. The standard InChI is InChI=1S/C19H23N5O/c25-19(15-4-5-15)22-16-6-7-18(21-13-16)24-11-9-23(10-12-24)14-17-3-1-2-8-20-17/h1-3,6-8,13,15H,4-5,9-12,14H2,(H,22,25). The molecule has 1 saturated heterocycles. The normalized spacial score (nSPS) is 18.2. The van der Waals surface area contributed by atoms with E-state index >= 15 is 0 Å². The first-order valence-electron chi connectivity index (χ1n) is 8.92. The molecule has 2 aromatic rings. The molecule has 1 amide bonds. The van der Waals surface area contributed by atoms with Crippen LogP contribution in [0.2, 0.25) is 0 Å². The minimum atomic E-state index is 0.123. The lowest BCUT2D eigenvalue weighted by atomic mass is 10.2. The minimum Gasteiger partial charge on any atom is -0.354 e. The fourth-order valence-electron chi connectivity index (χ4n) is 3.09. The topological polar surface area (TPSA) is 61.4 Å². The molecule has 1 aliphatic carbocycles. The van der Waals surface area contributed by atoms with Gasteiger partial charge in [-0.15, -0.1) is 0 Å². The zero-order valence-electron chi connectivity index (χ0n) is 14.3. The van der Waals surface area contributed by atoms with Crippen LogP contribution in [0.5, 0.6) is 0 Å². The maximum atomic E-state index is 11.8. The van der Waals surface area contributed by atoms with Crippen LogP contribution in [0, 0.1) is 5.92 Å². The van der Waals surface area contributed by atoms with Crippen molar-refractivity contribution in [3.8, 4) is 0 Å². The molecule has 4 rings (SSSR count). The highest BCUT2D eigenvalue weighted by atomic mass is 16.2. The molecule has 0 aromatic carbocycles. The molecule has 6 nitrogen and oxygen atoms in total. The van der Waals surface area contributed by atoms with Crippen LogP contribution in [0.3, 0.4) is 0 Å². The lowest BCUT2D eigenvalue weighted by molar-refractivity contribution is -0.117. The fraction of sp³-hybridized carbons (Fsp3) is 0.421. The first-order valence-corrected chi connectivity index (χ1v) is 8.92. The Morgan fingerprint density at radius 3 is 2.56 bits per heavy atom. The van der Waals surface area contributed by atoms with Crippen LogP contribution in [-0.4, -0.2) is 47.0 Å². The van der Waals surface area contributed by atoms with E-state index in [4.69, 9.17) is 0 Å². The van der Waals surface area contributed by atoms with Crippen molar-refractivity contribution in [1.29, 1.82) is 0 Å². The highest BCUT2D eigenvalue weighted by Crippen LogP contribution is 2.30. The number of amides is 1. The summed E-state index contributed by atoms with van der Waals surface area (Å²) in [6.45, 7) is 4.80. The van der Waals surface area contributed by atoms with Gasteiger partial charge in [0.15, 0.2) is 0 Å². The van der Waals surface area contributed by atoms with Crippen molar-refractivity contribution in [2.24, 2.45) is 5.92 Å². The Labute approximate surface area is 147 Å². The smallest absolute Gasteiger partial charge is 0.227 e. The summed E-state index contributed by atoms with van der Waals surface area (Å²) in [5.41, 5.74) is 1.90. The van der Waals surface area contributed by atoms with Gasteiger partial charge in [0.1, 0.15) is 5.82 Å². The van der Waals surface area contributed by atoms with Gasteiger partial charge < -0.3 is 10.2 Å². The summed E-state index contributed by atoms with van der Waals surface area (Å²) in [4.78, 5) is 25.4. The van der Waals surface area contributed by atoms with Crippen molar-refractivity contribution in [2.45, 2.75) is 19.4 Å². The second-order valence-electron chi connectivity index (χ2n) is 6.75. The van der Waals surface area contributed by atoms with E-state index in [1.807, 2.05) is 30.5 Å². The van der Waals surface area contributed by atoms with E-state index in [1.165, 1.54) is 0 Å². The van der Waals surface area contributed by atoms with E-state index in [0.29, 0.717) is 0 Å². The van der Waals surface area contributed by atoms with Crippen LogP contribution in [0.1, 0.15) is 18.5 Å². The third kappa shape index (κ3) is 4.14. The molecule has 2 aromatic heterocycles. The molecule has 25 heavy (non-hydrogen) atoms. The van der Waals surface area contributed by atoms with Gasteiger partial charge >= 0.3 is 0 Å². The zero-order valence-corrected chi connectivity index (χ0v) is 14.3. The molecule has 1 aliphatic heterocycles. The van der Waals surface area contributed by atoms with Crippen LogP contribution in [0.4, 0.5) is 11.5 Å². The van der Waals surface area contributed by atoms with Crippen LogP contribution in [-0.2, 0) is 11.3 Å². The molecule has 2 fully saturated rings. The number of carbonyl (C=O) groups excluding carboxylic acids is 1. The molecular weight excluding hydrogens is 314 g/mol. The maximum Gasteiger partial charge on any atom is 0.227 e. The van der Waals surface area contributed by atoms with Crippen molar-refractivity contribution < 1.29 is 4.79 Å². The average molecular weight is 337 g/mol. The lowest BCUT2D eigenvalue weighted by Crippen LogP contribution is -2.46. The molecule has 0 spiro atoms. The Hall–Kier alpha value is -2.47. The highest BCUT2D eigenvalue weighted by molar-refractivity contribution is 5.93. The summed E-state index contributed by atoms with van der Waals surface area (Å²) < 4.78 is 0. The number of nitrogens with zero attached hydrogens (tertiary/aromatic N) is 4. The van der Waals surface area contributed by atoms with E-state index in [-0.39, 0.29) is 11.8 Å². The maximum absolute atomic E-state index is 11.8. The van der Waals surface area contributed by atoms with Gasteiger partial charge in [0.05, 0.1) is 17.6 Å². The van der Waals surface area contributed by atoms with Crippen LogP contribution < -0.4 is 10.2 Å². The van der Waals surface area contributed by atoms with Crippen molar-refractivity contribution in [1.82, 2.24) is 14.9 Å². The van der Waals surface area contributed by atoms with Gasteiger partial charge in [-0.2, -0.15) is 0 Å². The Morgan fingerprint density at radius 1 is 1.08 bits per heavy atom. The van der Waals surface area contributed by atoms with Gasteiger partial charge in [-0.1, -0.05) is 6.07 Å². The number of piperazine rings is 1. The first-order chi connectivity index (χ1) is 12.3. The molecule has 1 N–H and O–H groups in total. The highest BCUT2D eigenvalue weighted by Gasteiger charge is 2.29. The predicted molar refractivity (Wildman–Crippen MR) is 97.3 cm³/mol. The SMILES string of the molecule is O=C(Nc1ccc(N2CCN(Cc3ccccn3)CC2)nc1)C1CC1. The van der Waals surface area contributed by atoms with Crippen LogP contribution in [0.15, 0.2) is 42.7 Å². The van der Waals surface area contributed by atoms with Crippen molar-refractivity contribution in [3.05, 3.63) is 48.4 Å². The Morgan fingerprint density at radius 2 is 1.92 bits per heavy atom. The van der Waals surface area contributed by atoms with Crippen molar-refractivity contribution >= 4 is 17.4 Å². The van der Waals surface area contributed by atoms with Crippen molar-refractivity contribution in [3.63, 3.8) is 0 Å². The molecule has 130 valence electrons. The van der Waals surface area contributed by atoms with Gasteiger partial charge in [0, 0.05) is 44.8 Å². The number of pyridine rings is 2. The zero-order chi connectivity index (χ0) is 17.1. The monoisotopic (exact) mass is 337 g/mol. The van der Waals surface area contributed by atoms with Crippen LogP contribution >= 0.6 is 0 Å². The number of anilines is 2. The third-order valence-corrected chi connectivity index (χ3v) is 4.77. The Kier molecular flexibility index (Phi) is 4.61. The summed E-state index contributed by atoms with van der Waals surface area (Å²) >= 11 is 0. The second-order valence-corrected chi connectivity index (χ2v) is 6.75. The second kappa shape index (κ2) is 7.19. The molecule has 0 radical (unpaired) electrons. The third-order valence-electron chi connectivity index (χ3n) is 4.77. The van der Waals surface area contributed by atoms with Crippen molar-refractivity contribution in [2.75, 3.05) is 36.4 Å². The molecular formula is C19H23N5O. The number of rotatable bonds is 5. The van der Waals surface area contributed by atoms with E-state index < -0.39 is 0 Å². The quantitative estimate of drug-likeness (QED) is 0.906. The summed E-state index contributed by atoms with van der Waals surface area (Å²) in [5.74, 6) is 1.31. The minimum absolute atomic E-state index is 0.123. The average Bonchev–Trinajstić information content (AvgIpc) is 3.49. The van der Waals surface area contributed by atoms with Gasteiger partial charge in [-0.3, -0.25) is 14.7 Å². The Bertz CT molecular complexity index is 706. The molecule has 0 bridgehead atoms. The van der Waals surface area contributed by atoms with E-state index in [1.54, 1.807) is 6.20 Å². The van der Waals surface area contributed by atoms with Gasteiger partial charge in [0.25, 0.3) is 0 Å². The number of aromatic nitrogens is 2. The molecule has 0 unspecified atom stereocenters. The molecule has 3 heterocycles. The Balaban J connectivity index is 1.29. The van der Waals surface area contributed by atoms with Gasteiger partial charge in [-0.05, 0) is 37.1 Å². The molecule has 0 atom stereocenters. The summed E-state index contributed by atoms with van der Waals surface area (Å²) in [6.07, 6.45) is 5.63. The summed E-state index contributed by atoms with van der Waals surface area (Å²) in [5, 5.41) is 2.93. The lowest BCUT2D eigenvalue weighted by Gasteiger charge is -2.35. The van der Waals surface area contributed by atoms with Crippen LogP contribution in [0.25, 0.3) is 0 Å². The van der Waals surface area contributed by atoms with E-state index in [2.05, 4.69) is 31.2 Å². The molecule has 1 saturated carbocycles. The summed E-state index contributed by atoms with van der Waals surface area (Å²) in [7, 11) is 0. The predicted octanol–water partition coefficient (Wildman–Crippen LogP) is 2.15. The van der Waals surface area contributed by atoms with Gasteiger partial charge in [0.2, 0.25) is 5.91 Å². The number of nitrogens with one attached hydrogen (secondary N) is 1.